The van der Waals surface area contributed by atoms with E-state index in [4.69, 9.17) is 0 Å². The smallest absolute Gasteiger partial charge is 0.0636 e. The third-order valence-corrected chi connectivity index (χ3v) is 3.69. The molecule has 0 amide bonds. The molecule has 1 rings (SSSR count). The van der Waals surface area contributed by atoms with E-state index < -0.39 is 0 Å². The SMILES string of the molecule is CCC(CC)N1CCC(NC[C@@H](C)O)CC1. The monoisotopic (exact) mass is 228 g/mol. The van der Waals surface area contributed by atoms with Gasteiger partial charge >= 0.3 is 0 Å². The minimum atomic E-state index is -0.225. The fraction of sp³-hybridized carbons (Fsp3) is 1.00. The van der Waals surface area contributed by atoms with Crippen LogP contribution in [0.25, 0.3) is 0 Å². The summed E-state index contributed by atoms with van der Waals surface area (Å²) in [6.45, 7) is 9.56. The highest BCUT2D eigenvalue weighted by Crippen LogP contribution is 2.16. The van der Waals surface area contributed by atoms with Crippen molar-refractivity contribution in [1.82, 2.24) is 10.2 Å². The third-order valence-electron chi connectivity index (χ3n) is 3.69. The topological polar surface area (TPSA) is 35.5 Å². The van der Waals surface area contributed by atoms with Crippen molar-refractivity contribution in [3.05, 3.63) is 0 Å². The summed E-state index contributed by atoms with van der Waals surface area (Å²) in [4.78, 5) is 2.63. The van der Waals surface area contributed by atoms with Gasteiger partial charge in [0.1, 0.15) is 0 Å². The van der Waals surface area contributed by atoms with E-state index in [9.17, 15) is 5.11 Å². The number of aliphatic hydroxyl groups is 1. The summed E-state index contributed by atoms with van der Waals surface area (Å²) < 4.78 is 0. The van der Waals surface area contributed by atoms with Crippen molar-refractivity contribution in [3.63, 3.8) is 0 Å². The van der Waals surface area contributed by atoms with E-state index in [1.54, 1.807) is 0 Å². The zero-order chi connectivity index (χ0) is 12.0. The summed E-state index contributed by atoms with van der Waals surface area (Å²) in [6.07, 6.45) is 4.76. The van der Waals surface area contributed by atoms with Gasteiger partial charge in [-0.15, -0.1) is 0 Å². The first kappa shape index (κ1) is 13.9. The van der Waals surface area contributed by atoms with Crippen LogP contribution in [0.4, 0.5) is 0 Å². The van der Waals surface area contributed by atoms with Gasteiger partial charge < -0.3 is 15.3 Å². The van der Waals surface area contributed by atoms with E-state index >= 15 is 0 Å². The van der Waals surface area contributed by atoms with Crippen LogP contribution in [0.5, 0.6) is 0 Å². The van der Waals surface area contributed by atoms with Crippen molar-refractivity contribution >= 4 is 0 Å². The summed E-state index contributed by atoms with van der Waals surface area (Å²) in [5, 5.41) is 12.7. The molecule has 1 saturated heterocycles. The van der Waals surface area contributed by atoms with E-state index in [1.807, 2.05) is 6.92 Å². The predicted molar refractivity (Wildman–Crippen MR) is 68.6 cm³/mol. The number of nitrogens with one attached hydrogen (secondary N) is 1. The number of rotatable bonds is 6. The number of piperidine rings is 1. The highest BCUT2D eigenvalue weighted by atomic mass is 16.3. The maximum absolute atomic E-state index is 9.23. The number of nitrogens with zero attached hydrogens (tertiary/aromatic N) is 1. The van der Waals surface area contributed by atoms with Gasteiger partial charge in [-0.2, -0.15) is 0 Å². The summed E-state index contributed by atoms with van der Waals surface area (Å²) in [5.41, 5.74) is 0. The maximum atomic E-state index is 9.23. The number of likely N-dealkylation sites (tertiary alicyclic amines) is 1. The summed E-state index contributed by atoms with van der Waals surface area (Å²) in [5.74, 6) is 0. The van der Waals surface area contributed by atoms with Crippen molar-refractivity contribution in [1.29, 1.82) is 0 Å². The Labute approximate surface area is 100 Å². The van der Waals surface area contributed by atoms with E-state index in [1.165, 1.54) is 38.8 Å². The van der Waals surface area contributed by atoms with Crippen molar-refractivity contribution in [2.45, 2.75) is 64.6 Å². The van der Waals surface area contributed by atoms with Crippen LogP contribution < -0.4 is 5.32 Å². The highest BCUT2D eigenvalue weighted by molar-refractivity contribution is 4.81. The molecule has 0 radical (unpaired) electrons. The molecular formula is C13H28N2O. The zero-order valence-electron chi connectivity index (χ0n) is 11.1. The second-order valence-corrected chi connectivity index (χ2v) is 5.04. The molecule has 0 spiro atoms. The Bertz CT molecular complexity index is 173. The van der Waals surface area contributed by atoms with Crippen LogP contribution in [-0.2, 0) is 0 Å². The molecule has 1 aliphatic heterocycles. The Hall–Kier alpha value is -0.120. The van der Waals surface area contributed by atoms with Crippen LogP contribution in [0, 0.1) is 0 Å². The number of aliphatic hydroxyl groups excluding tert-OH is 1. The lowest BCUT2D eigenvalue weighted by Crippen LogP contribution is -2.47. The minimum Gasteiger partial charge on any atom is -0.392 e. The van der Waals surface area contributed by atoms with Gasteiger partial charge in [0, 0.05) is 18.6 Å². The van der Waals surface area contributed by atoms with Crippen LogP contribution in [0.1, 0.15) is 46.5 Å². The zero-order valence-corrected chi connectivity index (χ0v) is 11.1. The summed E-state index contributed by atoms with van der Waals surface area (Å²) in [6, 6.07) is 1.39. The molecule has 1 aliphatic rings. The highest BCUT2D eigenvalue weighted by Gasteiger charge is 2.22. The van der Waals surface area contributed by atoms with Gasteiger partial charge in [-0.3, -0.25) is 0 Å². The lowest BCUT2D eigenvalue weighted by molar-refractivity contribution is 0.126. The molecule has 0 unspecified atom stereocenters. The summed E-state index contributed by atoms with van der Waals surface area (Å²) in [7, 11) is 0. The Morgan fingerprint density at radius 1 is 1.25 bits per heavy atom. The molecule has 0 aromatic rings. The molecule has 0 aliphatic carbocycles. The van der Waals surface area contributed by atoms with Crippen molar-refractivity contribution in [2.75, 3.05) is 19.6 Å². The molecule has 1 fully saturated rings. The fourth-order valence-electron chi connectivity index (χ4n) is 2.61. The average Bonchev–Trinajstić information content (AvgIpc) is 2.29. The molecule has 0 saturated carbocycles. The van der Waals surface area contributed by atoms with Crippen molar-refractivity contribution < 1.29 is 5.11 Å². The second kappa shape index (κ2) is 7.25. The van der Waals surface area contributed by atoms with Gasteiger partial charge in [-0.25, -0.2) is 0 Å². The second-order valence-electron chi connectivity index (χ2n) is 5.04. The number of hydrogen-bond donors (Lipinski definition) is 2. The van der Waals surface area contributed by atoms with E-state index in [2.05, 4.69) is 24.1 Å². The van der Waals surface area contributed by atoms with Crippen LogP contribution in [0.3, 0.4) is 0 Å². The van der Waals surface area contributed by atoms with Gasteiger partial charge in [0.15, 0.2) is 0 Å². The van der Waals surface area contributed by atoms with Crippen LogP contribution in [-0.4, -0.2) is 47.8 Å². The van der Waals surface area contributed by atoms with Crippen LogP contribution >= 0.6 is 0 Å². The van der Waals surface area contributed by atoms with Crippen LogP contribution in [0.15, 0.2) is 0 Å². The maximum Gasteiger partial charge on any atom is 0.0636 e. The molecule has 0 bridgehead atoms. The molecule has 1 heterocycles. The summed E-state index contributed by atoms with van der Waals surface area (Å²) >= 11 is 0. The lowest BCUT2D eigenvalue weighted by atomic mass is 10.0. The molecule has 16 heavy (non-hydrogen) atoms. The normalized spacial score (nSPS) is 21.6. The van der Waals surface area contributed by atoms with E-state index in [-0.39, 0.29) is 6.10 Å². The van der Waals surface area contributed by atoms with Crippen LogP contribution in [0.2, 0.25) is 0 Å². The third kappa shape index (κ3) is 4.40. The van der Waals surface area contributed by atoms with Gasteiger partial charge in [0.25, 0.3) is 0 Å². The first-order chi connectivity index (χ1) is 7.67. The Morgan fingerprint density at radius 3 is 2.25 bits per heavy atom. The predicted octanol–water partition coefficient (Wildman–Crippen LogP) is 1.61. The molecule has 0 aromatic heterocycles. The Balaban J connectivity index is 2.22. The lowest BCUT2D eigenvalue weighted by Gasteiger charge is -2.37. The van der Waals surface area contributed by atoms with E-state index in [0.29, 0.717) is 6.04 Å². The first-order valence-electron chi connectivity index (χ1n) is 6.82. The van der Waals surface area contributed by atoms with Gasteiger partial charge in [-0.1, -0.05) is 13.8 Å². The van der Waals surface area contributed by atoms with Gasteiger partial charge in [0.05, 0.1) is 6.10 Å². The van der Waals surface area contributed by atoms with Gasteiger partial charge in [-0.05, 0) is 45.7 Å². The van der Waals surface area contributed by atoms with E-state index in [0.717, 1.165) is 12.6 Å². The quantitative estimate of drug-likeness (QED) is 0.725. The average molecular weight is 228 g/mol. The first-order valence-corrected chi connectivity index (χ1v) is 6.82. The Kier molecular flexibility index (Phi) is 6.32. The molecule has 3 heteroatoms. The minimum absolute atomic E-state index is 0.225. The molecule has 1 atom stereocenters. The molecule has 0 aromatic carbocycles. The van der Waals surface area contributed by atoms with Crippen molar-refractivity contribution in [2.24, 2.45) is 0 Å². The fourth-order valence-corrected chi connectivity index (χ4v) is 2.61. The standard InChI is InChI=1S/C13H28N2O/c1-4-13(5-2)15-8-6-12(7-9-15)14-10-11(3)16/h11-14,16H,4-10H2,1-3H3/t11-/m1/s1. The van der Waals surface area contributed by atoms with Gasteiger partial charge in [0.2, 0.25) is 0 Å². The largest absolute Gasteiger partial charge is 0.392 e. The molecule has 96 valence electrons. The molecule has 2 N–H and O–H groups in total. The Morgan fingerprint density at radius 2 is 1.81 bits per heavy atom. The number of hydrogen-bond acceptors (Lipinski definition) is 3. The molecular weight excluding hydrogens is 200 g/mol. The van der Waals surface area contributed by atoms with Crippen molar-refractivity contribution in [3.8, 4) is 0 Å². The molecule has 3 nitrogen and oxygen atoms in total.